The second-order valence-corrected chi connectivity index (χ2v) is 8.33. The van der Waals surface area contributed by atoms with Crippen LogP contribution in [0.3, 0.4) is 0 Å². The molecule has 0 radical (unpaired) electrons. The molecule has 4 aromatic rings. The van der Waals surface area contributed by atoms with Gasteiger partial charge in [-0.1, -0.05) is 29.8 Å². The predicted octanol–water partition coefficient (Wildman–Crippen LogP) is 3.62. The second-order valence-electron chi connectivity index (χ2n) is 7.90. The summed E-state index contributed by atoms with van der Waals surface area (Å²) in [6.45, 7) is -0.0628. The Morgan fingerprint density at radius 3 is 2.50 bits per heavy atom. The minimum absolute atomic E-state index is 0.00363. The van der Waals surface area contributed by atoms with Crippen molar-refractivity contribution in [1.82, 2.24) is 18.7 Å². The molecule has 0 aliphatic heterocycles. The Kier molecular flexibility index (Phi) is 7.09. The van der Waals surface area contributed by atoms with E-state index in [0.717, 1.165) is 22.3 Å². The molecule has 0 bridgehead atoms. The van der Waals surface area contributed by atoms with Crippen LogP contribution in [0.1, 0.15) is 12.0 Å². The molecule has 0 spiro atoms. The normalized spacial score (nSPS) is 11.7. The molecule has 0 saturated heterocycles. The Labute approximate surface area is 206 Å². The molecule has 0 atom stereocenters. The average molecular weight is 524 g/mol. The number of fused-ring (bicyclic) bond motifs is 1. The molecule has 0 saturated carbocycles. The van der Waals surface area contributed by atoms with Gasteiger partial charge in [-0.15, -0.1) is 13.2 Å². The number of imidazole rings is 1. The summed E-state index contributed by atoms with van der Waals surface area (Å²) in [7, 11) is 1.46. The number of hydrogen-bond donors (Lipinski definition) is 2. The van der Waals surface area contributed by atoms with Crippen molar-refractivity contribution >= 4 is 34.4 Å². The maximum Gasteiger partial charge on any atom is 0.573 e. The summed E-state index contributed by atoms with van der Waals surface area (Å²) < 4.78 is 45.8. The van der Waals surface area contributed by atoms with E-state index in [1.807, 2.05) is 0 Å². The van der Waals surface area contributed by atoms with Crippen molar-refractivity contribution in [2.75, 3.05) is 11.9 Å². The molecule has 36 heavy (non-hydrogen) atoms. The van der Waals surface area contributed by atoms with E-state index in [1.165, 1.54) is 28.3 Å². The molecule has 2 aromatic heterocycles. The Hall–Kier alpha value is -3.77. The number of nitrogens with zero attached hydrogens (tertiary/aromatic N) is 4. The molecule has 2 heterocycles. The van der Waals surface area contributed by atoms with Gasteiger partial charge in [0.1, 0.15) is 5.75 Å². The number of halogens is 4. The summed E-state index contributed by atoms with van der Waals surface area (Å²) in [4.78, 5) is 30.6. The Morgan fingerprint density at radius 1 is 1.11 bits per heavy atom. The fourth-order valence-electron chi connectivity index (χ4n) is 3.72. The van der Waals surface area contributed by atoms with E-state index in [0.29, 0.717) is 5.02 Å². The highest BCUT2D eigenvalue weighted by atomic mass is 35.5. The van der Waals surface area contributed by atoms with E-state index < -0.39 is 23.4 Å². The van der Waals surface area contributed by atoms with Crippen molar-refractivity contribution in [3.63, 3.8) is 0 Å². The first-order valence-corrected chi connectivity index (χ1v) is 11.1. The van der Waals surface area contributed by atoms with Crippen molar-refractivity contribution in [2.45, 2.75) is 25.9 Å². The van der Waals surface area contributed by atoms with E-state index >= 15 is 0 Å². The smallest absolute Gasteiger partial charge is 0.406 e. The molecule has 0 unspecified atom stereocenters. The molecule has 13 heteroatoms. The number of rotatable bonds is 8. The average Bonchev–Trinajstić information content (AvgIpc) is 3.16. The minimum atomic E-state index is -4.86. The summed E-state index contributed by atoms with van der Waals surface area (Å²) in [5.74, 6) is -0.317. The van der Waals surface area contributed by atoms with Gasteiger partial charge in [0, 0.05) is 37.0 Å². The number of alkyl halides is 3. The Bertz CT molecular complexity index is 1510. The number of anilines is 2. The lowest BCUT2D eigenvalue weighted by Gasteiger charge is -2.13. The van der Waals surface area contributed by atoms with E-state index in [4.69, 9.17) is 11.6 Å². The van der Waals surface area contributed by atoms with Gasteiger partial charge in [0.2, 0.25) is 5.95 Å². The van der Waals surface area contributed by atoms with Crippen molar-refractivity contribution in [1.29, 1.82) is 0 Å². The van der Waals surface area contributed by atoms with Gasteiger partial charge in [-0.2, -0.15) is 4.98 Å². The summed E-state index contributed by atoms with van der Waals surface area (Å²) in [6, 6.07) is 12.0. The van der Waals surface area contributed by atoms with Crippen LogP contribution in [0.15, 0.2) is 58.1 Å². The zero-order valence-electron chi connectivity index (χ0n) is 18.9. The lowest BCUT2D eigenvalue weighted by Crippen LogP contribution is -2.39. The van der Waals surface area contributed by atoms with Gasteiger partial charge < -0.3 is 15.2 Å². The van der Waals surface area contributed by atoms with Crippen LogP contribution in [0.5, 0.6) is 5.75 Å². The number of aryl methyl sites for hydroxylation is 1. The highest BCUT2D eigenvalue weighted by molar-refractivity contribution is 6.30. The van der Waals surface area contributed by atoms with Gasteiger partial charge in [-0.25, -0.2) is 4.79 Å². The first-order chi connectivity index (χ1) is 17.1. The van der Waals surface area contributed by atoms with Gasteiger partial charge in [0.15, 0.2) is 11.2 Å². The first-order valence-electron chi connectivity index (χ1n) is 10.8. The largest absolute Gasteiger partial charge is 0.573 e. The third kappa shape index (κ3) is 5.39. The quantitative estimate of drug-likeness (QED) is 0.366. The number of nitrogens with one attached hydrogen (secondary N) is 1. The fraction of sp³-hybridized carbons (Fsp3) is 0.261. The van der Waals surface area contributed by atoms with Crippen LogP contribution in [0.2, 0.25) is 5.02 Å². The number of benzene rings is 2. The van der Waals surface area contributed by atoms with E-state index in [9.17, 15) is 27.9 Å². The monoisotopic (exact) mass is 523 g/mol. The molecule has 2 aromatic carbocycles. The molecule has 0 aliphatic carbocycles. The van der Waals surface area contributed by atoms with Gasteiger partial charge in [-0.3, -0.25) is 18.5 Å². The highest BCUT2D eigenvalue weighted by Crippen LogP contribution is 2.28. The SMILES string of the molecule is Cn1c(=O)n(CCCO)c(=O)c2c1nc(Nc1cccc(OC(F)(F)F)c1)n2Cc1ccc(Cl)cc1. The topological polar surface area (TPSA) is 103 Å². The van der Waals surface area contributed by atoms with Crippen LogP contribution < -0.4 is 21.3 Å². The van der Waals surface area contributed by atoms with Crippen molar-refractivity contribution in [2.24, 2.45) is 7.05 Å². The Morgan fingerprint density at radius 2 is 1.83 bits per heavy atom. The maximum atomic E-state index is 13.4. The van der Waals surface area contributed by atoms with Crippen LogP contribution in [-0.2, 0) is 20.1 Å². The van der Waals surface area contributed by atoms with E-state index in [2.05, 4.69) is 15.0 Å². The predicted molar refractivity (Wildman–Crippen MR) is 128 cm³/mol. The minimum Gasteiger partial charge on any atom is -0.406 e. The van der Waals surface area contributed by atoms with E-state index in [-0.39, 0.29) is 48.9 Å². The molecule has 2 N–H and O–H groups in total. The third-order valence-corrected chi connectivity index (χ3v) is 5.60. The summed E-state index contributed by atoms with van der Waals surface area (Å²) in [5, 5.41) is 12.6. The summed E-state index contributed by atoms with van der Waals surface area (Å²) in [5.41, 5.74) is -0.0462. The maximum absolute atomic E-state index is 13.4. The number of aromatic nitrogens is 4. The summed E-state index contributed by atoms with van der Waals surface area (Å²) >= 11 is 5.99. The number of ether oxygens (including phenoxy) is 1. The molecule has 190 valence electrons. The van der Waals surface area contributed by atoms with Crippen molar-refractivity contribution in [3.05, 3.63) is 80.0 Å². The number of aliphatic hydroxyl groups excluding tert-OH is 1. The lowest BCUT2D eigenvalue weighted by atomic mass is 10.2. The van der Waals surface area contributed by atoms with Crippen LogP contribution >= 0.6 is 11.6 Å². The molecule has 4 rings (SSSR count). The van der Waals surface area contributed by atoms with Crippen LogP contribution in [0, 0.1) is 0 Å². The molecular formula is C23H21ClF3N5O4. The van der Waals surface area contributed by atoms with Crippen molar-refractivity contribution in [3.8, 4) is 5.75 Å². The van der Waals surface area contributed by atoms with Crippen LogP contribution in [0.4, 0.5) is 24.8 Å². The van der Waals surface area contributed by atoms with Crippen LogP contribution in [0.25, 0.3) is 11.2 Å². The first kappa shape index (κ1) is 25.3. The molecule has 0 amide bonds. The zero-order chi connectivity index (χ0) is 26.0. The lowest BCUT2D eigenvalue weighted by molar-refractivity contribution is -0.274. The third-order valence-electron chi connectivity index (χ3n) is 5.35. The number of aliphatic hydroxyl groups is 1. The molecule has 0 aliphatic rings. The second kappa shape index (κ2) is 10.1. The van der Waals surface area contributed by atoms with Gasteiger partial charge in [0.05, 0.1) is 6.54 Å². The van der Waals surface area contributed by atoms with Gasteiger partial charge in [-0.05, 0) is 36.2 Å². The zero-order valence-corrected chi connectivity index (χ0v) is 19.7. The van der Waals surface area contributed by atoms with Crippen molar-refractivity contribution < 1.29 is 23.0 Å². The standard InChI is InChI=1S/C23H21ClF3N5O4/c1-30-19-18(20(34)31(22(30)35)10-3-11-33)32(13-14-6-8-15(24)9-7-14)21(29-19)28-16-4-2-5-17(12-16)36-23(25,26)27/h2,4-9,12,33H,3,10-11,13H2,1H3,(H,28,29). The molecule has 9 nitrogen and oxygen atoms in total. The summed E-state index contributed by atoms with van der Waals surface area (Å²) in [6.07, 6.45) is -4.67. The number of hydrogen-bond acceptors (Lipinski definition) is 6. The van der Waals surface area contributed by atoms with Gasteiger partial charge in [0.25, 0.3) is 5.56 Å². The van der Waals surface area contributed by atoms with E-state index in [1.54, 1.807) is 24.3 Å². The Balaban J connectivity index is 1.87. The van der Waals surface area contributed by atoms with Crippen LogP contribution in [-0.4, -0.2) is 36.8 Å². The fourth-order valence-corrected chi connectivity index (χ4v) is 3.85. The highest BCUT2D eigenvalue weighted by Gasteiger charge is 2.31. The molecular weight excluding hydrogens is 503 g/mol. The molecule has 0 fully saturated rings. The van der Waals surface area contributed by atoms with Gasteiger partial charge >= 0.3 is 12.1 Å².